The van der Waals surface area contributed by atoms with Gasteiger partial charge in [-0.15, -0.1) is 0 Å². The van der Waals surface area contributed by atoms with Crippen molar-refractivity contribution in [3.05, 3.63) is 68.7 Å². The van der Waals surface area contributed by atoms with Gasteiger partial charge in [0.05, 0.1) is 4.47 Å². The van der Waals surface area contributed by atoms with E-state index in [-0.39, 0.29) is 17.7 Å². The van der Waals surface area contributed by atoms with Crippen molar-refractivity contribution in [2.75, 3.05) is 6.54 Å². The molecule has 0 heterocycles. The van der Waals surface area contributed by atoms with Gasteiger partial charge in [-0.3, -0.25) is 0 Å². The predicted octanol–water partition coefficient (Wildman–Crippen LogP) is 5.27. The molecule has 0 saturated carbocycles. The second kappa shape index (κ2) is 7.34. The SMILES string of the molecule is CCNC(Cc1cc(F)ccc1Cl)c1ccc(F)c(Br)c1. The van der Waals surface area contributed by atoms with Crippen LogP contribution in [-0.2, 0) is 6.42 Å². The summed E-state index contributed by atoms with van der Waals surface area (Å²) in [4.78, 5) is 0. The van der Waals surface area contributed by atoms with E-state index in [0.717, 1.165) is 17.7 Å². The fraction of sp³-hybridized carbons (Fsp3) is 0.250. The molecule has 0 saturated heterocycles. The van der Waals surface area contributed by atoms with Crippen molar-refractivity contribution in [3.63, 3.8) is 0 Å². The predicted molar refractivity (Wildman–Crippen MR) is 85.6 cm³/mol. The lowest BCUT2D eigenvalue weighted by atomic mass is 9.98. The molecule has 2 rings (SSSR count). The van der Waals surface area contributed by atoms with Gasteiger partial charge in [0.15, 0.2) is 0 Å². The Bertz CT molecular complexity index is 634. The van der Waals surface area contributed by atoms with Crippen LogP contribution < -0.4 is 5.32 Å². The number of likely N-dealkylation sites (N-methyl/N-ethyl adjacent to an activating group) is 1. The Morgan fingerprint density at radius 1 is 1.19 bits per heavy atom. The fourth-order valence-corrected chi connectivity index (χ4v) is 2.79. The molecule has 2 aromatic rings. The lowest BCUT2D eigenvalue weighted by molar-refractivity contribution is 0.544. The van der Waals surface area contributed by atoms with Crippen LogP contribution in [0.2, 0.25) is 5.02 Å². The number of hydrogen-bond donors (Lipinski definition) is 1. The Kier molecular flexibility index (Phi) is 5.73. The number of benzene rings is 2. The van der Waals surface area contributed by atoms with Crippen molar-refractivity contribution in [2.45, 2.75) is 19.4 Å². The van der Waals surface area contributed by atoms with E-state index in [9.17, 15) is 8.78 Å². The van der Waals surface area contributed by atoms with Gasteiger partial charge in [-0.2, -0.15) is 0 Å². The molecule has 21 heavy (non-hydrogen) atoms. The van der Waals surface area contributed by atoms with Gasteiger partial charge < -0.3 is 5.32 Å². The zero-order valence-electron chi connectivity index (χ0n) is 11.5. The van der Waals surface area contributed by atoms with Crippen molar-refractivity contribution in [3.8, 4) is 0 Å². The molecule has 0 fully saturated rings. The highest BCUT2D eigenvalue weighted by Crippen LogP contribution is 2.27. The van der Waals surface area contributed by atoms with Gasteiger partial charge in [-0.1, -0.05) is 24.6 Å². The van der Waals surface area contributed by atoms with Gasteiger partial charge in [0, 0.05) is 11.1 Å². The first-order valence-corrected chi connectivity index (χ1v) is 7.80. The van der Waals surface area contributed by atoms with Gasteiger partial charge in [0.25, 0.3) is 0 Å². The Hall–Kier alpha value is -0.970. The molecule has 0 aliphatic rings. The van der Waals surface area contributed by atoms with E-state index in [1.165, 1.54) is 18.2 Å². The molecule has 0 aliphatic heterocycles. The lowest BCUT2D eigenvalue weighted by Crippen LogP contribution is -2.23. The second-order valence-corrected chi connectivity index (χ2v) is 5.99. The molecule has 1 unspecified atom stereocenters. The summed E-state index contributed by atoms with van der Waals surface area (Å²) in [6.07, 6.45) is 0.530. The maximum absolute atomic E-state index is 13.4. The van der Waals surface area contributed by atoms with E-state index in [1.54, 1.807) is 18.2 Å². The summed E-state index contributed by atoms with van der Waals surface area (Å²) in [5.41, 5.74) is 1.65. The summed E-state index contributed by atoms with van der Waals surface area (Å²) in [6, 6.07) is 9.13. The van der Waals surface area contributed by atoms with Crippen LogP contribution in [-0.4, -0.2) is 6.54 Å². The second-order valence-electron chi connectivity index (χ2n) is 4.72. The van der Waals surface area contributed by atoms with E-state index >= 15 is 0 Å². The summed E-state index contributed by atoms with van der Waals surface area (Å²) in [7, 11) is 0. The molecular formula is C16H15BrClF2N. The third kappa shape index (κ3) is 4.25. The van der Waals surface area contributed by atoms with E-state index < -0.39 is 0 Å². The Balaban J connectivity index is 2.30. The van der Waals surface area contributed by atoms with Crippen molar-refractivity contribution in [1.29, 1.82) is 0 Å². The molecule has 0 radical (unpaired) electrons. The Morgan fingerprint density at radius 2 is 1.95 bits per heavy atom. The number of nitrogens with one attached hydrogen (secondary N) is 1. The van der Waals surface area contributed by atoms with E-state index in [4.69, 9.17) is 11.6 Å². The van der Waals surface area contributed by atoms with Crippen LogP contribution >= 0.6 is 27.5 Å². The van der Waals surface area contributed by atoms with Crippen LogP contribution in [0.3, 0.4) is 0 Å². The number of rotatable bonds is 5. The lowest BCUT2D eigenvalue weighted by Gasteiger charge is -2.19. The molecular weight excluding hydrogens is 360 g/mol. The summed E-state index contributed by atoms with van der Waals surface area (Å²) in [6.45, 7) is 2.73. The maximum Gasteiger partial charge on any atom is 0.137 e. The minimum Gasteiger partial charge on any atom is -0.310 e. The van der Waals surface area contributed by atoms with Gasteiger partial charge in [-0.25, -0.2) is 8.78 Å². The largest absolute Gasteiger partial charge is 0.310 e. The van der Waals surface area contributed by atoms with Gasteiger partial charge in [-0.05, 0) is 70.4 Å². The monoisotopic (exact) mass is 373 g/mol. The third-order valence-electron chi connectivity index (χ3n) is 3.23. The van der Waals surface area contributed by atoms with Crippen LogP contribution in [0.5, 0.6) is 0 Å². The fourth-order valence-electron chi connectivity index (χ4n) is 2.20. The highest BCUT2D eigenvalue weighted by atomic mass is 79.9. The molecule has 0 bridgehead atoms. The molecule has 0 amide bonds. The van der Waals surface area contributed by atoms with E-state index in [1.807, 2.05) is 6.92 Å². The normalized spacial score (nSPS) is 12.4. The number of halogens is 4. The first-order chi connectivity index (χ1) is 10.0. The van der Waals surface area contributed by atoms with Crippen LogP contribution in [0.1, 0.15) is 24.1 Å². The molecule has 2 aromatic carbocycles. The molecule has 1 atom stereocenters. The molecule has 5 heteroatoms. The van der Waals surface area contributed by atoms with E-state index in [0.29, 0.717) is 15.9 Å². The summed E-state index contributed by atoms with van der Waals surface area (Å²) < 4.78 is 27.1. The third-order valence-corrected chi connectivity index (χ3v) is 4.20. The summed E-state index contributed by atoms with van der Waals surface area (Å²) in [5, 5.41) is 3.84. The van der Waals surface area contributed by atoms with Gasteiger partial charge >= 0.3 is 0 Å². The van der Waals surface area contributed by atoms with Crippen molar-refractivity contribution in [1.82, 2.24) is 5.32 Å². The van der Waals surface area contributed by atoms with Crippen LogP contribution in [0.15, 0.2) is 40.9 Å². The standard InChI is InChI=1S/C16H15BrClF2N/c1-2-21-16(10-3-6-15(20)13(17)8-10)9-11-7-12(19)4-5-14(11)18/h3-8,16,21H,2,9H2,1H3. The molecule has 0 aromatic heterocycles. The first-order valence-electron chi connectivity index (χ1n) is 6.63. The molecule has 1 nitrogen and oxygen atoms in total. The quantitative estimate of drug-likeness (QED) is 0.751. The maximum atomic E-state index is 13.4. The molecule has 0 aliphatic carbocycles. The molecule has 0 spiro atoms. The minimum atomic E-state index is -0.315. The van der Waals surface area contributed by atoms with E-state index in [2.05, 4.69) is 21.2 Å². The molecule has 112 valence electrons. The highest BCUT2D eigenvalue weighted by Gasteiger charge is 2.15. The Morgan fingerprint density at radius 3 is 2.62 bits per heavy atom. The smallest absolute Gasteiger partial charge is 0.137 e. The minimum absolute atomic E-state index is 0.0637. The zero-order chi connectivity index (χ0) is 15.4. The van der Waals surface area contributed by atoms with Gasteiger partial charge in [0.1, 0.15) is 11.6 Å². The van der Waals surface area contributed by atoms with Gasteiger partial charge in [0.2, 0.25) is 0 Å². The summed E-state index contributed by atoms with van der Waals surface area (Å²) >= 11 is 9.31. The van der Waals surface area contributed by atoms with Crippen molar-refractivity contribution in [2.24, 2.45) is 0 Å². The zero-order valence-corrected chi connectivity index (χ0v) is 13.8. The average molecular weight is 375 g/mol. The van der Waals surface area contributed by atoms with Crippen molar-refractivity contribution < 1.29 is 8.78 Å². The van der Waals surface area contributed by atoms with Crippen LogP contribution in [0.4, 0.5) is 8.78 Å². The molecule has 1 N–H and O–H groups in total. The highest BCUT2D eigenvalue weighted by molar-refractivity contribution is 9.10. The van der Waals surface area contributed by atoms with Crippen molar-refractivity contribution >= 4 is 27.5 Å². The average Bonchev–Trinajstić information content (AvgIpc) is 2.45. The first kappa shape index (κ1) is 16.4. The van der Waals surface area contributed by atoms with Crippen LogP contribution in [0, 0.1) is 11.6 Å². The van der Waals surface area contributed by atoms with Crippen LogP contribution in [0.25, 0.3) is 0 Å². The topological polar surface area (TPSA) is 12.0 Å². The Labute approximate surface area is 136 Å². The summed E-state index contributed by atoms with van der Waals surface area (Å²) in [5.74, 6) is -0.622. The number of hydrogen-bond acceptors (Lipinski definition) is 1.